The molecule has 0 unspecified atom stereocenters. The van der Waals surface area contributed by atoms with Gasteiger partial charge in [-0.05, 0) is 24.8 Å². The lowest BCUT2D eigenvalue weighted by atomic mass is 9.89. The fourth-order valence-corrected chi connectivity index (χ4v) is 3.29. The number of likely N-dealkylation sites (tertiary alicyclic amines) is 1. The highest BCUT2D eigenvalue weighted by molar-refractivity contribution is 5.96. The van der Waals surface area contributed by atoms with Gasteiger partial charge in [-0.25, -0.2) is 9.97 Å². The molecule has 0 saturated carbocycles. The number of amides is 1. The number of anilines is 1. The number of hydrogen-bond acceptors (Lipinski definition) is 5. The summed E-state index contributed by atoms with van der Waals surface area (Å²) < 4.78 is 5.49. The Labute approximate surface area is 141 Å². The van der Waals surface area contributed by atoms with Crippen molar-refractivity contribution in [3.63, 3.8) is 0 Å². The van der Waals surface area contributed by atoms with Gasteiger partial charge in [-0.2, -0.15) is 0 Å². The van der Waals surface area contributed by atoms with Crippen LogP contribution < -0.4 is 10.5 Å². The molecule has 6 heteroatoms. The minimum atomic E-state index is -0.178. The molecule has 3 rings (SSSR count). The Morgan fingerprint density at radius 1 is 1.25 bits per heavy atom. The van der Waals surface area contributed by atoms with Crippen LogP contribution in [0.25, 0.3) is 0 Å². The van der Waals surface area contributed by atoms with Crippen LogP contribution in [0.3, 0.4) is 0 Å². The van der Waals surface area contributed by atoms with Gasteiger partial charge < -0.3 is 15.4 Å². The number of nitrogens with two attached hydrogens (primary N) is 1. The average Bonchev–Trinajstić information content (AvgIpc) is 2.61. The zero-order chi connectivity index (χ0) is 17.1. The largest absolute Gasteiger partial charge is 0.496 e. The van der Waals surface area contributed by atoms with Gasteiger partial charge in [0.2, 0.25) is 0 Å². The molecule has 0 aliphatic carbocycles. The molecule has 2 N–H and O–H groups in total. The predicted molar refractivity (Wildman–Crippen MR) is 91.6 cm³/mol. The van der Waals surface area contributed by atoms with Crippen LogP contribution in [0.2, 0.25) is 0 Å². The molecule has 1 aromatic carbocycles. The minimum absolute atomic E-state index is 0.0498. The number of hydrogen-bond donors (Lipinski definition) is 1. The van der Waals surface area contributed by atoms with Crippen molar-refractivity contribution in [1.29, 1.82) is 0 Å². The summed E-state index contributed by atoms with van der Waals surface area (Å²) in [6, 6.07) is 7.79. The van der Waals surface area contributed by atoms with E-state index in [2.05, 4.69) is 16.9 Å². The van der Waals surface area contributed by atoms with Gasteiger partial charge in [0, 0.05) is 24.5 Å². The maximum Gasteiger partial charge on any atom is 0.276 e. The van der Waals surface area contributed by atoms with E-state index in [-0.39, 0.29) is 23.5 Å². The van der Waals surface area contributed by atoms with E-state index in [1.807, 2.05) is 29.2 Å². The van der Waals surface area contributed by atoms with E-state index < -0.39 is 0 Å². The molecule has 0 spiro atoms. The number of aromatic nitrogens is 2. The topological polar surface area (TPSA) is 81.3 Å². The molecule has 2 atom stereocenters. The van der Waals surface area contributed by atoms with Crippen LogP contribution in [0.1, 0.15) is 41.9 Å². The summed E-state index contributed by atoms with van der Waals surface area (Å²) in [6.45, 7) is 2.82. The summed E-state index contributed by atoms with van der Waals surface area (Å²) in [4.78, 5) is 23.0. The first-order valence-electron chi connectivity index (χ1n) is 8.12. The van der Waals surface area contributed by atoms with E-state index in [0.717, 1.165) is 24.2 Å². The monoisotopic (exact) mass is 326 g/mol. The van der Waals surface area contributed by atoms with Crippen LogP contribution in [0.5, 0.6) is 5.75 Å². The van der Waals surface area contributed by atoms with Crippen LogP contribution in [0.4, 0.5) is 5.82 Å². The third kappa shape index (κ3) is 3.04. The molecule has 1 saturated heterocycles. The van der Waals surface area contributed by atoms with Crippen molar-refractivity contribution in [2.24, 2.45) is 5.92 Å². The van der Waals surface area contributed by atoms with Crippen molar-refractivity contribution >= 4 is 11.7 Å². The molecule has 126 valence electrons. The van der Waals surface area contributed by atoms with Crippen molar-refractivity contribution in [3.05, 3.63) is 47.9 Å². The predicted octanol–water partition coefficient (Wildman–Crippen LogP) is 2.68. The van der Waals surface area contributed by atoms with Gasteiger partial charge in [-0.3, -0.25) is 4.79 Å². The van der Waals surface area contributed by atoms with Gasteiger partial charge in [0.05, 0.1) is 13.2 Å². The molecule has 6 nitrogen and oxygen atoms in total. The number of methoxy groups -OCH3 is 1. The highest BCUT2D eigenvalue weighted by Gasteiger charge is 2.34. The smallest absolute Gasteiger partial charge is 0.276 e. The number of benzene rings is 1. The van der Waals surface area contributed by atoms with E-state index in [9.17, 15) is 4.79 Å². The molecule has 2 heterocycles. The highest BCUT2D eigenvalue weighted by Crippen LogP contribution is 2.38. The fraction of sp³-hybridized carbons (Fsp3) is 0.389. The summed E-state index contributed by atoms with van der Waals surface area (Å²) in [5.41, 5.74) is 7.09. The number of nitrogens with zero attached hydrogens (tertiary/aromatic N) is 3. The number of piperidine rings is 1. The standard InChI is InChI=1S/C18H22N4O2/c1-12-7-8-14(13-5-3-4-6-15(13)24-2)22(11-12)18(23)16-17(19)21-10-9-20-16/h3-6,9-10,12,14H,7-8,11H2,1-2H3,(H2,19,21)/t12-,14+/m0/s1. The van der Waals surface area contributed by atoms with Crippen molar-refractivity contribution in [3.8, 4) is 5.75 Å². The second-order valence-corrected chi connectivity index (χ2v) is 6.19. The first-order chi connectivity index (χ1) is 11.6. The Bertz CT molecular complexity index is 734. The van der Waals surface area contributed by atoms with Crippen LogP contribution in [-0.2, 0) is 0 Å². The highest BCUT2D eigenvalue weighted by atomic mass is 16.5. The van der Waals surface area contributed by atoms with Crippen molar-refractivity contribution in [1.82, 2.24) is 14.9 Å². The SMILES string of the molecule is COc1ccccc1[C@H]1CC[C@H](C)CN1C(=O)c1nccnc1N. The molecule has 24 heavy (non-hydrogen) atoms. The average molecular weight is 326 g/mol. The lowest BCUT2D eigenvalue weighted by Gasteiger charge is -2.39. The summed E-state index contributed by atoms with van der Waals surface area (Å²) in [5.74, 6) is 1.21. The van der Waals surface area contributed by atoms with Gasteiger partial charge in [-0.15, -0.1) is 0 Å². The van der Waals surface area contributed by atoms with Gasteiger partial charge in [0.1, 0.15) is 5.75 Å². The zero-order valence-corrected chi connectivity index (χ0v) is 14.0. The first-order valence-corrected chi connectivity index (χ1v) is 8.12. The maximum atomic E-state index is 13.1. The quantitative estimate of drug-likeness (QED) is 0.938. The first kappa shape index (κ1) is 16.2. The van der Waals surface area contributed by atoms with Crippen molar-refractivity contribution < 1.29 is 9.53 Å². The normalized spacial score (nSPS) is 20.7. The third-order valence-electron chi connectivity index (χ3n) is 4.51. The van der Waals surface area contributed by atoms with Gasteiger partial charge in [0.25, 0.3) is 5.91 Å². The summed E-state index contributed by atoms with van der Waals surface area (Å²) >= 11 is 0. The number of carbonyl (C=O) groups excluding carboxylic acids is 1. The van der Waals surface area contributed by atoms with E-state index in [1.165, 1.54) is 12.4 Å². The molecule has 1 aliphatic rings. The number of carbonyl (C=O) groups is 1. The fourth-order valence-electron chi connectivity index (χ4n) is 3.29. The van der Waals surface area contributed by atoms with Gasteiger partial charge in [-0.1, -0.05) is 25.1 Å². The van der Waals surface area contributed by atoms with E-state index in [0.29, 0.717) is 12.5 Å². The molecule has 2 aromatic rings. The molecule has 1 aliphatic heterocycles. The van der Waals surface area contributed by atoms with E-state index in [1.54, 1.807) is 7.11 Å². The maximum absolute atomic E-state index is 13.1. The second kappa shape index (κ2) is 6.86. The van der Waals surface area contributed by atoms with Gasteiger partial charge in [0.15, 0.2) is 11.5 Å². The van der Waals surface area contributed by atoms with Crippen LogP contribution in [0, 0.1) is 5.92 Å². The van der Waals surface area contributed by atoms with E-state index >= 15 is 0 Å². The minimum Gasteiger partial charge on any atom is -0.496 e. The molecular weight excluding hydrogens is 304 g/mol. The number of rotatable bonds is 3. The number of para-hydroxylation sites is 1. The van der Waals surface area contributed by atoms with Gasteiger partial charge >= 0.3 is 0 Å². The zero-order valence-electron chi connectivity index (χ0n) is 14.0. The summed E-state index contributed by atoms with van der Waals surface area (Å²) in [5, 5.41) is 0. The van der Waals surface area contributed by atoms with Crippen LogP contribution in [0.15, 0.2) is 36.7 Å². The Hall–Kier alpha value is -2.63. The van der Waals surface area contributed by atoms with Crippen molar-refractivity contribution in [2.75, 3.05) is 19.4 Å². The Morgan fingerprint density at radius 2 is 2.00 bits per heavy atom. The molecule has 1 fully saturated rings. The number of nitrogen functional groups attached to an aromatic ring is 1. The summed E-state index contributed by atoms with van der Waals surface area (Å²) in [6.07, 6.45) is 4.92. The lowest BCUT2D eigenvalue weighted by molar-refractivity contribution is 0.0535. The second-order valence-electron chi connectivity index (χ2n) is 6.19. The number of ether oxygens (including phenoxy) is 1. The molecule has 0 radical (unpaired) electrons. The molecule has 1 amide bonds. The molecule has 1 aromatic heterocycles. The Kier molecular flexibility index (Phi) is 4.64. The molecule has 0 bridgehead atoms. The van der Waals surface area contributed by atoms with Crippen molar-refractivity contribution in [2.45, 2.75) is 25.8 Å². The Balaban J connectivity index is 1.99. The lowest BCUT2D eigenvalue weighted by Crippen LogP contribution is -2.42. The van der Waals surface area contributed by atoms with Crippen LogP contribution in [-0.4, -0.2) is 34.4 Å². The Morgan fingerprint density at radius 3 is 2.75 bits per heavy atom. The van der Waals surface area contributed by atoms with Crippen LogP contribution >= 0.6 is 0 Å². The molecular formula is C18H22N4O2. The summed E-state index contributed by atoms with van der Waals surface area (Å²) in [7, 11) is 1.65. The third-order valence-corrected chi connectivity index (χ3v) is 4.51. The van der Waals surface area contributed by atoms with E-state index in [4.69, 9.17) is 10.5 Å².